The molecule has 160 valence electrons. The van der Waals surface area contributed by atoms with Gasteiger partial charge in [-0.05, 0) is 30.4 Å². The van der Waals surface area contributed by atoms with Crippen LogP contribution in [0.1, 0.15) is 34.6 Å². The van der Waals surface area contributed by atoms with Crippen LogP contribution < -0.4 is 0 Å². The molecule has 0 bridgehead atoms. The molecule has 2 aromatic heterocycles. The number of alkyl halides is 3. The first kappa shape index (κ1) is 19.9. The van der Waals surface area contributed by atoms with E-state index < -0.39 is 11.7 Å². The van der Waals surface area contributed by atoms with Crippen LogP contribution in [0.3, 0.4) is 0 Å². The zero-order chi connectivity index (χ0) is 21.8. The normalized spacial score (nSPS) is 18.9. The third-order valence-electron chi connectivity index (χ3n) is 5.66. The second-order valence-electron chi connectivity index (χ2n) is 7.66. The zero-order valence-corrected chi connectivity index (χ0v) is 16.8. The molecule has 0 unspecified atom stereocenters. The van der Waals surface area contributed by atoms with Crippen LogP contribution in [-0.4, -0.2) is 41.6 Å². The first-order chi connectivity index (χ1) is 14.8. The first-order valence-electron chi connectivity index (χ1n) is 9.69. The molecule has 0 spiro atoms. The summed E-state index contributed by atoms with van der Waals surface area (Å²) in [6.07, 6.45) is 1.94. The summed E-state index contributed by atoms with van der Waals surface area (Å²) >= 11 is 6.08. The van der Waals surface area contributed by atoms with E-state index in [-0.39, 0.29) is 40.8 Å². The summed E-state index contributed by atoms with van der Waals surface area (Å²) < 4.78 is 41.5. The molecule has 0 radical (unpaired) electrons. The highest BCUT2D eigenvalue weighted by molar-refractivity contribution is 6.32. The lowest BCUT2D eigenvalue weighted by Gasteiger charge is -2.36. The Hall–Kier alpha value is -3.01. The fourth-order valence-electron chi connectivity index (χ4n) is 3.98. The second kappa shape index (κ2) is 7.30. The summed E-state index contributed by atoms with van der Waals surface area (Å²) in [4.78, 5) is 23.1. The van der Waals surface area contributed by atoms with E-state index >= 15 is 0 Å². The molecular weight excluding hydrogens is 433 g/mol. The molecule has 1 atom stereocenters. The van der Waals surface area contributed by atoms with Gasteiger partial charge < -0.3 is 4.90 Å². The van der Waals surface area contributed by atoms with Crippen molar-refractivity contribution in [2.24, 2.45) is 5.92 Å². The minimum Gasteiger partial charge on any atom is -0.326 e. The summed E-state index contributed by atoms with van der Waals surface area (Å²) in [6.45, 7) is 0.400. The van der Waals surface area contributed by atoms with Crippen molar-refractivity contribution in [1.82, 2.24) is 29.6 Å². The van der Waals surface area contributed by atoms with Gasteiger partial charge in [0.25, 0.3) is 5.91 Å². The topological polar surface area (TPSA) is 76.8 Å². The van der Waals surface area contributed by atoms with Gasteiger partial charge >= 0.3 is 6.18 Å². The van der Waals surface area contributed by atoms with Gasteiger partial charge in [0.15, 0.2) is 5.82 Å². The number of fused-ring (bicyclic) bond motifs is 1. The Balaban J connectivity index is 1.51. The van der Waals surface area contributed by atoms with E-state index in [4.69, 9.17) is 11.6 Å². The molecule has 3 aromatic rings. The highest BCUT2D eigenvalue weighted by Gasteiger charge is 2.44. The predicted molar refractivity (Wildman–Crippen MR) is 104 cm³/mol. The average molecular weight is 449 g/mol. The van der Waals surface area contributed by atoms with Crippen molar-refractivity contribution in [3.63, 3.8) is 0 Å². The first-order valence-corrected chi connectivity index (χ1v) is 10.1. The van der Waals surface area contributed by atoms with Crippen molar-refractivity contribution in [3.8, 4) is 11.5 Å². The minimum atomic E-state index is -4.57. The van der Waals surface area contributed by atoms with Crippen LogP contribution >= 0.6 is 11.6 Å². The Labute approximate surface area is 179 Å². The van der Waals surface area contributed by atoms with Gasteiger partial charge in [0, 0.05) is 25.5 Å². The van der Waals surface area contributed by atoms with Crippen molar-refractivity contribution in [2.45, 2.75) is 38.1 Å². The lowest BCUT2D eigenvalue weighted by atomic mass is 10.0. The summed E-state index contributed by atoms with van der Waals surface area (Å²) in [7, 11) is 0. The van der Waals surface area contributed by atoms with Gasteiger partial charge in [-0.2, -0.15) is 13.2 Å². The van der Waals surface area contributed by atoms with Gasteiger partial charge in [0.1, 0.15) is 5.69 Å². The number of benzene rings is 1. The van der Waals surface area contributed by atoms with Crippen LogP contribution in [0.15, 0.2) is 36.8 Å². The number of rotatable bonds is 4. The van der Waals surface area contributed by atoms with E-state index in [1.165, 1.54) is 24.5 Å². The fraction of sp³-hybridized carbons (Fsp3) is 0.350. The summed E-state index contributed by atoms with van der Waals surface area (Å²) in [5, 5.41) is 7.78. The fourth-order valence-corrected chi connectivity index (χ4v) is 4.27. The molecule has 1 aromatic carbocycles. The van der Waals surface area contributed by atoms with E-state index in [0.29, 0.717) is 18.1 Å². The number of carbonyl (C=O) groups is 1. The number of hydrogen-bond donors (Lipinski definition) is 0. The maximum Gasteiger partial charge on any atom is 0.417 e. The van der Waals surface area contributed by atoms with E-state index in [1.807, 2.05) is 0 Å². The van der Waals surface area contributed by atoms with Crippen LogP contribution in [0.4, 0.5) is 13.2 Å². The molecule has 1 amide bonds. The van der Waals surface area contributed by atoms with Crippen molar-refractivity contribution in [1.29, 1.82) is 0 Å². The quantitative estimate of drug-likeness (QED) is 0.606. The molecule has 1 fully saturated rings. The van der Waals surface area contributed by atoms with Crippen LogP contribution in [0.25, 0.3) is 11.5 Å². The highest BCUT2D eigenvalue weighted by atomic mass is 35.5. The summed E-state index contributed by atoms with van der Waals surface area (Å²) in [5.41, 5.74) is -0.164. The van der Waals surface area contributed by atoms with Crippen LogP contribution in [0.2, 0.25) is 5.02 Å². The SMILES string of the molecule is O=C1c2nnc(-c3cnccn3)n2C[C@@H](C2CC2)N1Cc1cccc(C(F)(F)F)c1Cl. The molecule has 2 aliphatic rings. The number of nitrogens with zero attached hydrogens (tertiary/aromatic N) is 6. The maximum absolute atomic E-state index is 13.3. The minimum absolute atomic E-state index is 0.0317. The van der Waals surface area contributed by atoms with Crippen LogP contribution in [0, 0.1) is 5.92 Å². The van der Waals surface area contributed by atoms with Gasteiger partial charge in [0.05, 0.1) is 22.8 Å². The standard InChI is InChI=1S/C20H16ClF3N6O/c21-16-12(2-1-3-13(16)20(22,23)24)9-29-15(11-4-5-11)10-30-17(14-8-25-6-7-26-14)27-28-18(30)19(29)31/h1-3,6-8,11,15H,4-5,9-10H2/t15-/m0/s1. The monoisotopic (exact) mass is 448 g/mol. The van der Waals surface area contributed by atoms with E-state index in [0.717, 1.165) is 18.9 Å². The van der Waals surface area contributed by atoms with Gasteiger partial charge in [-0.1, -0.05) is 23.7 Å². The van der Waals surface area contributed by atoms with Crippen LogP contribution in [-0.2, 0) is 19.3 Å². The molecule has 7 nitrogen and oxygen atoms in total. The molecule has 1 aliphatic heterocycles. The molecule has 1 aliphatic carbocycles. The lowest BCUT2D eigenvalue weighted by molar-refractivity contribution is -0.137. The van der Waals surface area contributed by atoms with Crippen molar-refractivity contribution >= 4 is 17.5 Å². The van der Waals surface area contributed by atoms with Crippen molar-refractivity contribution < 1.29 is 18.0 Å². The van der Waals surface area contributed by atoms with Crippen LogP contribution in [0.5, 0.6) is 0 Å². The molecule has 0 N–H and O–H groups in total. The molecular formula is C20H16ClF3N6O. The number of halogens is 4. The van der Waals surface area contributed by atoms with E-state index in [1.54, 1.807) is 15.7 Å². The zero-order valence-electron chi connectivity index (χ0n) is 16.1. The van der Waals surface area contributed by atoms with Gasteiger partial charge in [-0.15, -0.1) is 10.2 Å². The second-order valence-corrected chi connectivity index (χ2v) is 8.04. The number of hydrogen-bond acceptors (Lipinski definition) is 5. The van der Waals surface area contributed by atoms with Gasteiger partial charge in [-0.25, -0.2) is 4.98 Å². The Morgan fingerprint density at radius 1 is 1.13 bits per heavy atom. The Morgan fingerprint density at radius 2 is 1.90 bits per heavy atom. The molecule has 11 heteroatoms. The molecule has 5 rings (SSSR count). The lowest BCUT2D eigenvalue weighted by Crippen LogP contribution is -2.49. The molecule has 1 saturated carbocycles. The van der Waals surface area contributed by atoms with Gasteiger partial charge in [0.2, 0.25) is 5.82 Å². The predicted octanol–water partition coefficient (Wildman–Crippen LogP) is 3.84. The molecule has 3 heterocycles. The third kappa shape index (κ3) is 3.54. The summed E-state index contributed by atoms with van der Waals surface area (Å²) in [5.74, 6) is 0.442. The Kier molecular flexibility index (Phi) is 4.69. The number of amides is 1. The van der Waals surface area contributed by atoms with Crippen molar-refractivity contribution in [3.05, 3.63) is 58.8 Å². The Morgan fingerprint density at radius 3 is 2.58 bits per heavy atom. The highest BCUT2D eigenvalue weighted by Crippen LogP contribution is 2.41. The number of aromatic nitrogens is 5. The summed E-state index contributed by atoms with van der Waals surface area (Å²) in [6, 6.07) is 3.56. The third-order valence-corrected chi connectivity index (χ3v) is 6.10. The van der Waals surface area contributed by atoms with E-state index in [9.17, 15) is 18.0 Å². The average Bonchev–Trinajstić information content (AvgIpc) is 3.50. The maximum atomic E-state index is 13.3. The molecule has 0 saturated heterocycles. The largest absolute Gasteiger partial charge is 0.417 e. The van der Waals surface area contributed by atoms with Gasteiger partial charge in [-0.3, -0.25) is 14.3 Å². The number of carbonyl (C=O) groups excluding carboxylic acids is 1. The van der Waals surface area contributed by atoms with E-state index in [2.05, 4.69) is 20.2 Å². The van der Waals surface area contributed by atoms with Crippen molar-refractivity contribution in [2.75, 3.05) is 0 Å². The molecule has 31 heavy (non-hydrogen) atoms. The Bertz CT molecular complexity index is 1150. The smallest absolute Gasteiger partial charge is 0.326 e.